The summed E-state index contributed by atoms with van der Waals surface area (Å²) in [5, 5.41) is 7.63. The minimum atomic E-state index is -0.921. The Labute approximate surface area is 290 Å². The maximum Gasteiger partial charge on any atom is 0.339 e. The number of carbonyl (C=O) groups excluding carboxylic acids is 1. The average molecular weight is 688 g/mol. The maximum absolute atomic E-state index is 13.5. The van der Waals surface area contributed by atoms with Gasteiger partial charge in [0.1, 0.15) is 5.01 Å². The summed E-state index contributed by atoms with van der Waals surface area (Å²) in [5.74, 6) is 0.585. The normalized spacial score (nSPS) is 18.0. The van der Waals surface area contributed by atoms with Crippen LogP contribution in [0.15, 0.2) is 48.5 Å². The van der Waals surface area contributed by atoms with Crippen molar-refractivity contribution in [2.24, 2.45) is 7.05 Å². The van der Waals surface area contributed by atoms with Crippen LogP contribution in [0, 0.1) is 6.92 Å². The van der Waals surface area contributed by atoms with Crippen LogP contribution in [-0.4, -0.2) is 83.3 Å². The van der Waals surface area contributed by atoms with E-state index in [9.17, 15) is 4.79 Å². The van der Waals surface area contributed by atoms with Crippen LogP contribution in [0.5, 0.6) is 0 Å². The number of halogens is 1. The molecule has 5 aromatic rings. The molecular formula is C37H42ClN5O4S. The molecule has 0 radical (unpaired) electrons. The number of anilines is 1. The Morgan fingerprint density at radius 1 is 1.10 bits per heavy atom. The van der Waals surface area contributed by atoms with Crippen molar-refractivity contribution in [3.8, 4) is 21.7 Å². The molecule has 0 amide bonds. The molecule has 2 fully saturated rings. The van der Waals surface area contributed by atoms with Crippen LogP contribution < -0.4 is 4.90 Å². The first-order chi connectivity index (χ1) is 23.0. The molecule has 9 nitrogen and oxygen atoms in total. The van der Waals surface area contributed by atoms with E-state index in [1.165, 1.54) is 0 Å². The summed E-state index contributed by atoms with van der Waals surface area (Å²) < 4.78 is 20.8. The highest BCUT2D eigenvalue weighted by molar-refractivity contribution is 7.22. The molecule has 2 aliphatic heterocycles. The highest BCUT2D eigenvalue weighted by Gasteiger charge is 2.34. The Bertz CT molecular complexity index is 1980. The van der Waals surface area contributed by atoms with Crippen molar-refractivity contribution >= 4 is 55.8 Å². The van der Waals surface area contributed by atoms with E-state index in [4.69, 9.17) is 35.9 Å². The zero-order valence-electron chi connectivity index (χ0n) is 28.4. The lowest BCUT2D eigenvalue weighted by Gasteiger charge is -2.43. The van der Waals surface area contributed by atoms with E-state index in [1.807, 2.05) is 70.6 Å². The molecule has 0 unspecified atom stereocenters. The maximum atomic E-state index is 13.5. The molecule has 2 aliphatic rings. The van der Waals surface area contributed by atoms with Crippen molar-refractivity contribution in [2.75, 3.05) is 50.9 Å². The van der Waals surface area contributed by atoms with E-state index >= 15 is 0 Å². The van der Waals surface area contributed by atoms with Gasteiger partial charge in [0.05, 0.1) is 47.2 Å². The SMILES string of the molecule is CCOC(=O)[C@@H](OC(C)(C)C)c1c(C)cc2nc(-c3ccc4c(c3)c(N3CCN5CCOC[C@@H]5C3)nn4C)sc2c1-c1ccc(Cl)cc1. The van der Waals surface area contributed by atoms with Crippen LogP contribution in [0.2, 0.25) is 5.02 Å². The second-order valence-electron chi connectivity index (χ2n) is 13.6. The topological polar surface area (TPSA) is 82.0 Å². The molecule has 0 N–H and O–H groups in total. The van der Waals surface area contributed by atoms with Gasteiger partial charge in [-0.2, -0.15) is 5.10 Å². The Hall–Kier alpha value is -3.54. The Balaban J connectivity index is 1.36. The molecule has 4 heterocycles. The summed E-state index contributed by atoms with van der Waals surface area (Å²) >= 11 is 7.95. The number of thiazole rings is 1. The number of nitrogens with zero attached hydrogens (tertiary/aromatic N) is 5. The number of hydrogen-bond donors (Lipinski definition) is 0. The van der Waals surface area contributed by atoms with Gasteiger partial charge in [-0.25, -0.2) is 9.78 Å². The lowest BCUT2D eigenvalue weighted by Crippen LogP contribution is -2.58. The number of ether oxygens (including phenoxy) is 3. The van der Waals surface area contributed by atoms with Crippen LogP contribution in [0.25, 0.3) is 42.8 Å². The zero-order chi connectivity index (χ0) is 33.7. The van der Waals surface area contributed by atoms with E-state index in [0.717, 1.165) is 99.2 Å². The highest BCUT2D eigenvalue weighted by Crippen LogP contribution is 2.45. The molecule has 0 bridgehead atoms. The predicted molar refractivity (Wildman–Crippen MR) is 193 cm³/mol. The molecule has 0 spiro atoms. The van der Waals surface area contributed by atoms with Gasteiger partial charge in [-0.15, -0.1) is 11.3 Å². The Morgan fingerprint density at radius 2 is 1.88 bits per heavy atom. The van der Waals surface area contributed by atoms with Crippen molar-refractivity contribution < 1.29 is 19.0 Å². The van der Waals surface area contributed by atoms with Crippen LogP contribution in [0.3, 0.4) is 0 Å². The number of aryl methyl sites for hydroxylation is 2. The van der Waals surface area contributed by atoms with Gasteiger partial charge in [-0.3, -0.25) is 9.58 Å². The molecule has 3 aromatic carbocycles. The van der Waals surface area contributed by atoms with Gasteiger partial charge in [0.2, 0.25) is 0 Å². The lowest BCUT2D eigenvalue weighted by molar-refractivity contribution is -0.166. The fraction of sp³-hybridized carbons (Fsp3) is 0.432. The van der Waals surface area contributed by atoms with Crippen molar-refractivity contribution in [1.82, 2.24) is 19.7 Å². The summed E-state index contributed by atoms with van der Waals surface area (Å²) in [6.45, 7) is 15.3. The molecule has 2 saturated heterocycles. The molecule has 2 aromatic heterocycles. The summed E-state index contributed by atoms with van der Waals surface area (Å²) in [7, 11) is 2.01. The fourth-order valence-electron chi connectivity index (χ4n) is 6.92. The monoisotopic (exact) mass is 687 g/mol. The first-order valence-electron chi connectivity index (χ1n) is 16.6. The zero-order valence-corrected chi connectivity index (χ0v) is 30.0. The minimum Gasteiger partial charge on any atom is -0.464 e. The number of carbonyl (C=O) groups is 1. The van der Waals surface area contributed by atoms with E-state index in [0.29, 0.717) is 11.1 Å². The number of rotatable bonds is 7. The van der Waals surface area contributed by atoms with E-state index in [1.54, 1.807) is 11.3 Å². The standard InChI is InChI=1S/C37H42ClN5O4S/c1-7-46-36(44)32(47-37(3,4)5)30-22(2)18-28-33(31(30)23-8-11-25(38)12-9-23)48-35(39-28)24-10-13-29-27(19-24)34(40-41(29)6)43-15-14-42-16-17-45-21-26(42)20-43/h8-13,18-19,26,32H,7,14-17,20-21H2,1-6H3/t26-,32-/m0/s1. The van der Waals surface area contributed by atoms with Gasteiger partial charge < -0.3 is 19.1 Å². The first kappa shape index (κ1) is 33.0. The number of aromatic nitrogens is 3. The number of piperazine rings is 1. The van der Waals surface area contributed by atoms with Crippen molar-refractivity contribution in [3.63, 3.8) is 0 Å². The molecule has 7 rings (SSSR count). The molecule has 2 atom stereocenters. The van der Waals surface area contributed by atoms with Crippen LogP contribution in [0.4, 0.5) is 5.82 Å². The minimum absolute atomic E-state index is 0.258. The summed E-state index contributed by atoms with van der Waals surface area (Å²) in [6.07, 6.45) is -0.921. The van der Waals surface area contributed by atoms with Crippen molar-refractivity contribution in [2.45, 2.75) is 52.4 Å². The molecule has 48 heavy (non-hydrogen) atoms. The summed E-state index contributed by atoms with van der Waals surface area (Å²) in [6, 6.07) is 16.6. The number of fused-ring (bicyclic) bond motifs is 3. The summed E-state index contributed by atoms with van der Waals surface area (Å²) in [4.78, 5) is 23.7. The third-order valence-electron chi connectivity index (χ3n) is 9.11. The van der Waals surface area contributed by atoms with Crippen LogP contribution >= 0.6 is 22.9 Å². The number of benzene rings is 3. The lowest BCUT2D eigenvalue weighted by atomic mass is 9.91. The van der Waals surface area contributed by atoms with Gasteiger partial charge in [0, 0.05) is 60.3 Å². The number of morpholine rings is 1. The second-order valence-corrected chi connectivity index (χ2v) is 15.0. The van der Waals surface area contributed by atoms with Gasteiger partial charge in [0.25, 0.3) is 0 Å². The largest absolute Gasteiger partial charge is 0.464 e. The second kappa shape index (κ2) is 13.1. The average Bonchev–Trinajstić information content (AvgIpc) is 3.63. The van der Waals surface area contributed by atoms with Crippen LogP contribution in [-0.2, 0) is 26.1 Å². The van der Waals surface area contributed by atoms with Crippen molar-refractivity contribution in [3.05, 3.63) is 64.7 Å². The Kier molecular flexibility index (Phi) is 8.97. The van der Waals surface area contributed by atoms with Crippen molar-refractivity contribution in [1.29, 1.82) is 0 Å². The molecule has 11 heteroatoms. The fourth-order valence-corrected chi connectivity index (χ4v) is 8.17. The third-order valence-corrected chi connectivity index (χ3v) is 10.5. The van der Waals surface area contributed by atoms with Gasteiger partial charge in [0.15, 0.2) is 11.9 Å². The number of hydrogen-bond acceptors (Lipinski definition) is 9. The van der Waals surface area contributed by atoms with Gasteiger partial charge in [-0.1, -0.05) is 23.7 Å². The van der Waals surface area contributed by atoms with Crippen LogP contribution in [0.1, 0.15) is 44.9 Å². The third kappa shape index (κ3) is 6.32. The molecule has 252 valence electrons. The number of esters is 1. The van der Waals surface area contributed by atoms with Gasteiger partial charge in [-0.05, 0) is 82.1 Å². The predicted octanol–water partition coefficient (Wildman–Crippen LogP) is 7.42. The quantitative estimate of drug-likeness (QED) is 0.164. The molecule has 0 aliphatic carbocycles. The van der Waals surface area contributed by atoms with E-state index < -0.39 is 17.7 Å². The molecule has 0 saturated carbocycles. The Morgan fingerprint density at radius 3 is 2.62 bits per heavy atom. The first-order valence-corrected chi connectivity index (χ1v) is 17.8. The van der Waals surface area contributed by atoms with E-state index in [-0.39, 0.29) is 6.61 Å². The smallest absolute Gasteiger partial charge is 0.339 e. The molecular weight excluding hydrogens is 646 g/mol. The van der Waals surface area contributed by atoms with E-state index in [2.05, 4.69) is 34.1 Å². The highest BCUT2D eigenvalue weighted by atomic mass is 35.5. The summed E-state index contributed by atoms with van der Waals surface area (Å²) in [5.41, 5.74) is 5.89. The van der Waals surface area contributed by atoms with Gasteiger partial charge >= 0.3 is 5.97 Å².